The zero-order chi connectivity index (χ0) is 12.0. The quantitative estimate of drug-likeness (QED) is 0.847. The molecule has 0 saturated heterocycles. The summed E-state index contributed by atoms with van der Waals surface area (Å²) in [5.41, 5.74) is 1.20. The van der Waals surface area contributed by atoms with Crippen LogP contribution in [0.25, 0.3) is 0 Å². The van der Waals surface area contributed by atoms with Gasteiger partial charge in [0.2, 0.25) is 0 Å². The van der Waals surface area contributed by atoms with Crippen LogP contribution in [0.4, 0.5) is 0 Å². The Labute approximate surface area is 107 Å². The lowest BCUT2D eigenvalue weighted by atomic mass is 10.1. The summed E-state index contributed by atoms with van der Waals surface area (Å²) in [6.45, 7) is 2.59. The summed E-state index contributed by atoms with van der Waals surface area (Å²) in [6.07, 6.45) is 2.10. The number of ether oxygens (including phenoxy) is 1. The smallest absolute Gasteiger partial charge is 0.137 e. The lowest BCUT2D eigenvalue weighted by Gasteiger charge is -2.16. The molecule has 0 aliphatic rings. The predicted molar refractivity (Wildman–Crippen MR) is 72.8 cm³/mol. The van der Waals surface area contributed by atoms with E-state index in [0.29, 0.717) is 17.7 Å². The van der Waals surface area contributed by atoms with Gasteiger partial charge in [0.25, 0.3) is 0 Å². The number of hydrogen-bond acceptors (Lipinski definition) is 3. The van der Waals surface area contributed by atoms with Gasteiger partial charge in [-0.15, -0.1) is 0 Å². The van der Waals surface area contributed by atoms with Crippen molar-refractivity contribution in [3.8, 4) is 5.75 Å². The standard InChI is InChI=1S/C12H18ClNOS/c1-4-15-12-6-5-9(7-10(12)13)11(14-2)8-16-3/h5-7,11,14H,4,8H2,1-3H3. The summed E-state index contributed by atoms with van der Waals surface area (Å²) in [4.78, 5) is 0. The topological polar surface area (TPSA) is 21.3 Å². The highest BCUT2D eigenvalue weighted by atomic mass is 35.5. The number of benzene rings is 1. The van der Waals surface area contributed by atoms with Crippen LogP contribution in [0, 0.1) is 0 Å². The minimum Gasteiger partial charge on any atom is -0.492 e. The van der Waals surface area contributed by atoms with Gasteiger partial charge in [-0.2, -0.15) is 11.8 Å². The monoisotopic (exact) mass is 259 g/mol. The molecule has 0 aromatic heterocycles. The van der Waals surface area contributed by atoms with Crippen molar-refractivity contribution in [2.24, 2.45) is 0 Å². The third-order valence-corrected chi connectivity index (χ3v) is 3.30. The molecule has 0 fully saturated rings. The van der Waals surface area contributed by atoms with Gasteiger partial charge in [0.1, 0.15) is 5.75 Å². The molecule has 4 heteroatoms. The molecule has 0 saturated carbocycles. The second-order valence-corrected chi connectivity index (χ2v) is 4.74. The molecule has 2 nitrogen and oxygen atoms in total. The molecule has 0 aliphatic carbocycles. The van der Waals surface area contributed by atoms with Gasteiger partial charge in [-0.1, -0.05) is 17.7 Å². The Morgan fingerprint density at radius 3 is 2.75 bits per heavy atom. The lowest BCUT2D eigenvalue weighted by molar-refractivity contribution is 0.340. The van der Waals surface area contributed by atoms with Gasteiger partial charge in [-0.05, 0) is 37.9 Å². The molecule has 0 spiro atoms. The highest BCUT2D eigenvalue weighted by Gasteiger charge is 2.10. The number of halogens is 1. The van der Waals surface area contributed by atoms with E-state index in [2.05, 4.69) is 17.6 Å². The van der Waals surface area contributed by atoms with Crippen molar-refractivity contribution < 1.29 is 4.74 Å². The summed E-state index contributed by atoms with van der Waals surface area (Å²) in [5, 5.41) is 3.96. The van der Waals surface area contributed by atoms with E-state index in [9.17, 15) is 0 Å². The minimum absolute atomic E-state index is 0.336. The molecule has 16 heavy (non-hydrogen) atoms. The van der Waals surface area contributed by atoms with Crippen LogP contribution in [0.15, 0.2) is 18.2 Å². The third kappa shape index (κ3) is 3.58. The van der Waals surface area contributed by atoms with Gasteiger partial charge in [-0.3, -0.25) is 0 Å². The number of thioether (sulfide) groups is 1. The molecule has 0 bridgehead atoms. The SMILES string of the molecule is CCOc1ccc(C(CSC)NC)cc1Cl. The van der Waals surface area contributed by atoms with Crippen LogP contribution >= 0.6 is 23.4 Å². The van der Waals surface area contributed by atoms with Crippen molar-refractivity contribution in [2.75, 3.05) is 25.7 Å². The Hall–Kier alpha value is -0.380. The Morgan fingerprint density at radius 2 is 2.25 bits per heavy atom. The molecule has 0 amide bonds. The van der Waals surface area contributed by atoms with E-state index >= 15 is 0 Å². The second-order valence-electron chi connectivity index (χ2n) is 3.42. The zero-order valence-electron chi connectivity index (χ0n) is 9.92. The molecule has 0 radical (unpaired) electrons. The number of hydrogen-bond donors (Lipinski definition) is 1. The van der Waals surface area contributed by atoms with E-state index in [4.69, 9.17) is 16.3 Å². The predicted octanol–water partition coefficient (Wildman–Crippen LogP) is 3.36. The fourth-order valence-corrected chi connectivity index (χ4v) is 2.46. The molecule has 1 N–H and O–H groups in total. The summed E-state index contributed by atoms with van der Waals surface area (Å²) in [5.74, 6) is 1.78. The summed E-state index contributed by atoms with van der Waals surface area (Å²) in [7, 11) is 1.96. The van der Waals surface area contributed by atoms with E-state index in [0.717, 1.165) is 11.5 Å². The van der Waals surface area contributed by atoms with Crippen LogP contribution in [0.3, 0.4) is 0 Å². The Kier molecular flexibility index (Phi) is 6.03. The molecule has 1 atom stereocenters. The van der Waals surface area contributed by atoms with Crippen molar-refractivity contribution in [3.63, 3.8) is 0 Å². The molecular weight excluding hydrogens is 242 g/mol. The van der Waals surface area contributed by atoms with Crippen molar-refractivity contribution in [1.29, 1.82) is 0 Å². The first-order valence-electron chi connectivity index (χ1n) is 5.31. The highest BCUT2D eigenvalue weighted by molar-refractivity contribution is 7.98. The lowest BCUT2D eigenvalue weighted by Crippen LogP contribution is -2.18. The molecule has 1 rings (SSSR count). The van der Waals surface area contributed by atoms with Gasteiger partial charge in [0.05, 0.1) is 11.6 Å². The summed E-state index contributed by atoms with van der Waals surface area (Å²) >= 11 is 7.96. The largest absolute Gasteiger partial charge is 0.492 e. The first-order chi connectivity index (χ1) is 7.72. The Balaban J connectivity index is 2.85. The fourth-order valence-electron chi connectivity index (χ4n) is 1.52. The average Bonchev–Trinajstić information content (AvgIpc) is 2.29. The number of nitrogens with one attached hydrogen (secondary N) is 1. The number of rotatable bonds is 6. The van der Waals surface area contributed by atoms with Crippen LogP contribution < -0.4 is 10.1 Å². The second kappa shape index (κ2) is 7.05. The maximum atomic E-state index is 6.15. The van der Waals surface area contributed by atoms with Crippen LogP contribution in [-0.2, 0) is 0 Å². The third-order valence-electron chi connectivity index (χ3n) is 2.34. The maximum absolute atomic E-state index is 6.15. The fraction of sp³-hybridized carbons (Fsp3) is 0.500. The van der Waals surface area contributed by atoms with Crippen molar-refractivity contribution in [3.05, 3.63) is 28.8 Å². The van der Waals surface area contributed by atoms with E-state index in [1.54, 1.807) is 0 Å². The van der Waals surface area contributed by atoms with E-state index in [-0.39, 0.29) is 0 Å². The molecule has 1 unspecified atom stereocenters. The molecule has 90 valence electrons. The first-order valence-corrected chi connectivity index (χ1v) is 7.08. The van der Waals surface area contributed by atoms with Crippen molar-refractivity contribution >= 4 is 23.4 Å². The molecular formula is C12H18ClNOS. The van der Waals surface area contributed by atoms with E-state index < -0.39 is 0 Å². The van der Waals surface area contributed by atoms with Gasteiger partial charge < -0.3 is 10.1 Å². The van der Waals surface area contributed by atoms with E-state index in [1.807, 2.05) is 37.9 Å². The molecule has 1 aromatic carbocycles. The Bertz CT molecular complexity index is 333. The maximum Gasteiger partial charge on any atom is 0.137 e. The average molecular weight is 260 g/mol. The van der Waals surface area contributed by atoms with Crippen LogP contribution in [0.1, 0.15) is 18.5 Å². The van der Waals surface area contributed by atoms with Gasteiger partial charge >= 0.3 is 0 Å². The first kappa shape index (κ1) is 13.7. The summed E-state index contributed by atoms with van der Waals surface area (Å²) in [6, 6.07) is 6.31. The van der Waals surface area contributed by atoms with E-state index in [1.165, 1.54) is 5.56 Å². The zero-order valence-corrected chi connectivity index (χ0v) is 11.5. The summed E-state index contributed by atoms with van der Waals surface area (Å²) < 4.78 is 5.41. The van der Waals surface area contributed by atoms with Gasteiger partial charge in [0.15, 0.2) is 0 Å². The normalized spacial score (nSPS) is 12.5. The minimum atomic E-state index is 0.336. The van der Waals surface area contributed by atoms with Gasteiger partial charge in [0, 0.05) is 11.8 Å². The van der Waals surface area contributed by atoms with Crippen LogP contribution in [0.5, 0.6) is 5.75 Å². The molecule has 0 aliphatic heterocycles. The molecule has 1 aromatic rings. The molecule has 0 heterocycles. The Morgan fingerprint density at radius 1 is 1.50 bits per heavy atom. The van der Waals surface area contributed by atoms with Crippen LogP contribution in [-0.4, -0.2) is 25.7 Å². The van der Waals surface area contributed by atoms with Crippen LogP contribution in [0.2, 0.25) is 5.02 Å². The van der Waals surface area contributed by atoms with Crippen molar-refractivity contribution in [1.82, 2.24) is 5.32 Å². The van der Waals surface area contributed by atoms with Gasteiger partial charge in [-0.25, -0.2) is 0 Å². The van der Waals surface area contributed by atoms with Crippen molar-refractivity contribution in [2.45, 2.75) is 13.0 Å². The highest BCUT2D eigenvalue weighted by Crippen LogP contribution is 2.28.